The van der Waals surface area contributed by atoms with Crippen LogP contribution in [-0.4, -0.2) is 42.3 Å². The van der Waals surface area contributed by atoms with E-state index >= 15 is 0 Å². The lowest BCUT2D eigenvalue weighted by atomic mass is 9.72. The van der Waals surface area contributed by atoms with E-state index in [9.17, 15) is 9.90 Å². The SMILES string of the molecule is COC1(OC)CCC(C(=O)OC(C)(C)C)(C(C)(C)O)C1. The van der Waals surface area contributed by atoms with Crippen molar-refractivity contribution in [2.75, 3.05) is 14.2 Å². The van der Waals surface area contributed by atoms with Gasteiger partial charge in [-0.25, -0.2) is 0 Å². The van der Waals surface area contributed by atoms with Gasteiger partial charge in [-0.2, -0.15) is 0 Å². The van der Waals surface area contributed by atoms with Crippen molar-refractivity contribution >= 4 is 5.97 Å². The molecule has 1 saturated carbocycles. The molecule has 0 radical (unpaired) electrons. The van der Waals surface area contributed by atoms with Crippen LogP contribution in [0.4, 0.5) is 0 Å². The molecule has 0 aromatic carbocycles. The summed E-state index contributed by atoms with van der Waals surface area (Å²) in [7, 11) is 3.11. The summed E-state index contributed by atoms with van der Waals surface area (Å²) in [4.78, 5) is 12.7. The van der Waals surface area contributed by atoms with Gasteiger partial charge in [0.15, 0.2) is 5.79 Å². The Bertz CT molecular complexity index is 359. The van der Waals surface area contributed by atoms with Crippen LogP contribution >= 0.6 is 0 Å². The fraction of sp³-hybridized carbons (Fsp3) is 0.933. The summed E-state index contributed by atoms with van der Waals surface area (Å²) in [6.07, 6.45) is 1.29. The predicted octanol–water partition coefficient (Wildman–Crippen LogP) is 2.26. The molecule has 1 aliphatic carbocycles. The van der Waals surface area contributed by atoms with E-state index in [2.05, 4.69) is 0 Å². The largest absolute Gasteiger partial charge is 0.459 e. The smallest absolute Gasteiger partial charge is 0.315 e. The van der Waals surface area contributed by atoms with Crippen molar-refractivity contribution in [1.82, 2.24) is 0 Å². The van der Waals surface area contributed by atoms with Gasteiger partial charge in [-0.05, 0) is 41.0 Å². The average Bonchev–Trinajstić information content (AvgIpc) is 2.68. The molecule has 0 heterocycles. The molecule has 0 aliphatic heterocycles. The minimum atomic E-state index is -1.21. The van der Waals surface area contributed by atoms with E-state index in [1.807, 2.05) is 20.8 Å². The molecule has 5 nitrogen and oxygen atoms in total. The zero-order valence-electron chi connectivity index (χ0n) is 13.7. The van der Waals surface area contributed by atoms with Crippen LogP contribution in [-0.2, 0) is 19.0 Å². The monoisotopic (exact) mass is 288 g/mol. The first-order valence-electron chi connectivity index (χ1n) is 6.97. The molecule has 0 aromatic heterocycles. The molecular formula is C15H28O5. The van der Waals surface area contributed by atoms with Gasteiger partial charge >= 0.3 is 5.97 Å². The topological polar surface area (TPSA) is 65.0 Å². The van der Waals surface area contributed by atoms with Crippen molar-refractivity contribution in [2.45, 2.75) is 70.9 Å². The van der Waals surface area contributed by atoms with Crippen molar-refractivity contribution < 1.29 is 24.1 Å². The Labute approximate surface area is 121 Å². The van der Waals surface area contributed by atoms with E-state index in [1.54, 1.807) is 28.1 Å². The third kappa shape index (κ3) is 3.15. The number of aliphatic hydroxyl groups is 1. The van der Waals surface area contributed by atoms with Gasteiger partial charge in [0, 0.05) is 27.1 Å². The number of hydrogen-bond donors (Lipinski definition) is 1. The maximum Gasteiger partial charge on any atom is 0.315 e. The lowest BCUT2D eigenvalue weighted by Gasteiger charge is -2.40. The standard InChI is InChI=1S/C15H28O5/c1-12(2,3)20-11(16)14(13(4,5)17)8-9-15(10-14,18-6)19-7/h17H,8-10H2,1-7H3. The summed E-state index contributed by atoms with van der Waals surface area (Å²) in [5.41, 5.74) is -2.83. The molecule has 0 saturated heterocycles. The third-order valence-corrected chi connectivity index (χ3v) is 4.21. The van der Waals surface area contributed by atoms with Gasteiger partial charge in [0.05, 0.1) is 5.60 Å². The van der Waals surface area contributed by atoms with Gasteiger partial charge in [0.25, 0.3) is 0 Å². The molecule has 5 heteroatoms. The molecule has 1 atom stereocenters. The van der Waals surface area contributed by atoms with Gasteiger partial charge < -0.3 is 19.3 Å². The second kappa shape index (κ2) is 5.28. The van der Waals surface area contributed by atoms with E-state index < -0.39 is 28.4 Å². The molecule has 1 aliphatic rings. The van der Waals surface area contributed by atoms with Crippen molar-refractivity contribution in [1.29, 1.82) is 0 Å². The second-order valence-corrected chi connectivity index (χ2v) is 7.14. The first-order valence-corrected chi connectivity index (χ1v) is 6.97. The van der Waals surface area contributed by atoms with Crippen LogP contribution in [0.15, 0.2) is 0 Å². The zero-order chi connectivity index (χ0) is 15.8. The van der Waals surface area contributed by atoms with E-state index in [0.29, 0.717) is 12.8 Å². The highest BCUT2D eigenvalue weighted by atomic mass is 16.7. The summed E-state index contributed by atoms with van der Waals surface area (Å²) >= 11 is 0. The molecule has 0 spiro atoms. The maximum absolute atomic E-state index is 12.7. The summed E-state index contributed by atoms with van der Waals surface area (Å²) in [6.45, 7) is 8.73. The Morgan fingerprint density at radius 2 is 1.55 bits per heavy atom. The summed E-state index contributed by atoms with van der Waals surface area (Å²) in [5, 5.41) is 10.5. The highest BCUT2D eigenvalue weighted by molar-refractivity contribution is 5.79. The van der Waals surface area contributed by atoms with E-state index in [4.69, 9.17) is 14.2 Å². The van der Waals surface area contributed by atoms with E-state index in [-0.39, 0.29) is 6.42 Å². The Morgan fingerprint density at radius 3 is 1.85 bits per heavy atom. The highest BCUT2D eigenvalue weighted by Gasteiger charge is 2.61. The summed E-state index contributed by atoms with van der Waals surface area (Å²) in [6, 6.07) is 0. The number of carbonyl (C=O) groups is 1. The first-order chi connectivity index (χ1) is 8.91. The highest BCUT2D eigenvalue weighted by Crippen LogP contribution is 2.53. The normalized spacial score (nSPS) is 26.6. The Kier molecular flexibility index (Phi) is 4.59. The molecule has 20 heavy (non-hydrogen) atoms. The fourth-order valence-electron chi connectivity index (χ4n) is 2.79. The molecule has 0 amide bonds. The van der Waals surface area contributed by atoms with Crippen LogP contribution in [0.25, 0.3) is 0 Å². The second-order valence-electron chi connectivity index (χ2n) is 7.14. The van der Waals surface area contributed by atoms with Gasteiger partial charge in [-0.3, -0.25) is 4.79 Å². The number of rotatable bonds is 4. The van der Waals surface area contributed by atoms with Crippen molar-refractivity contribution in [2.24, 2.45) is 5.41 Å². The zero-order valence-corrected chi connectivity index (χ0v) is 13.7. The van der Waals surface area contributed by atoms with E-state index in [0.717, 1.165) is 0 Å². The minimum Gasteiger partial charge on any atom is -0.459 e. The Balaban J connectivity index is 3.12. The molecule has 0 bridgehead atoms. The van der Waals surface area contributed by atoms with Crippen LogP contribution in [0.1, 0.15) is 53.9 Å². The van der Waals surface area contributed by atoms with Gasteiger partial charge in [0.1, 0.15) is 11.0 Å². The van der Waals surface area contributed by atoms with Gasteiger partial charge in [-0.15, -0.1) is 0 Å². The summed E-state index contributed by atoms with van der Waals surface area (Å²) < 4.78 is 16.4. The number of carbonyl (C=O) groups excluding carboxylic acids is 1. The lowest BCUT2D eigenvalue weighted by Crippen LogP contribution is -2.51. The third-order valence-electron chi connectivity index (χ3n) is 4.21. The number of esters is 1. The van der Waals surface area contributed by atoms with Gasteiger partial charge in [-0.1, -0.05) is 0 Å². The van der Waals surface area contributed by atoms with Crippen LogP contribution in [0.3, 0.4) is 0 Å². The van der Waals surface area contributed by atoms with Gasteiger partial charge in [0.2, 0.25) is 0 Å². The lowest BCUT2D eigenvalue weighted by molar-refractivity contribution is -0.220. The molecule has 1 N–H and O–H groups in total. The Morgan fingerprint density at radius 1 is 1.05 bits per heavy atom. The summed E-state index contributed by atoms with van der Waals surface area (Å²) in [5.74, 6) is -1.23. The number of ether oxygens (including phenoxy) is 3. The fourth-order valence-corrected chi connectivity index (χ4v) is 2.79. The first kappa shape index (κ1) is 17.4. The molecule has 118 valence electrons. The maximum atomic E-state index is 12.7. The van der Waals surface area contributed by atoms with Crippen molar-refractivity contribution in [3.8, 4) is 0 Å². The molecule has 1 fully saturated rings. The van der Waals surface area contributed by atoms with Crippen LogP contribution in [0.2, 0.25) is 0 Å². The minimum absolute atomic E-state index is 0.283. The number of hydrogen-bond acceptors (Lipinski definition) is 5. The molecule has 1 rings (SSSR count). The Hall–Kier alpha value is -0.650. The average molecular weight is 288 g/mol. The van der Waals surface area contributed by atoms with E-state index in [1.165, 1.54) is 0 Å². The van der Waals surface area contributed by atoms with Crippen molar-refractivity contribution in [3.63, 3.8) is 0 Å². The molecule has 0 aromatic rings. The quantitative estimate of drug-likeness (QED) is 0.635. The predicted molar refractivity (Wildman–Crippen MR) is 75.2 cm³/mol. The molecular weight excluding hydrogens is 260 g/mol. The molecule has 1 unspecified atom stereocenters. The van der Waals surface area contributed by atoms with Crippen LogP contribution in [0, 0.1) is 5.41 Å². The number of methoxy groups -OCH3 is 2. The van der Waals surface area contributed by atoms with Crippen LogP contribution in [0.5, 0.6) is 0 Å². The van der Waals surface area contributed by atoms with Crippen LogP contribution < -0.4 is 0 Å². The van der Waals surface area contributed by atoms with Crippen molar-refractivity contribution in [3.05, 3.63) is 0 Å².